The molecular formula is C8H20N4O2. The van der Waals surface area contributed by atoms with Gasteiger partial charge in [-0.3, -0.25) is 4.79 Å². The van der Waals surface area contributed by atoms with Crippen molar-refractivity contribution in [2.75, 3.05) is 32.8 Å². The van der Waals surface area contributed by atoms with Crippen LogP contribution in [0.15, 0.2) is 0 Å². The largest absolute Gasteiger partial charge is 0.396 e. The van der Waals surface area contributed by atoms with Crippen LogP contribution in [0.1, 0.15) is 6.42 Å². The molecule has 7 N–H and O–H groups in total. The number of amides is 1. The van der Waals surface area contributed by atoms with Gasteiger partial charge in [-0.2, -0.15) is 0 Å². The lowest BCUT2D eigenvalue weighted by atomic mass is 10.2. The van der Waals surface area contributed by atoms with E-state index < -0.39 is 6.04 Å². The number of hydrogen-bond donors (Lipinski definition) is 5. The normalized spacial score (nSPS) is 12.5. The minimum absolute atomic E-state index is 0.0694. The molecule has 0 fully saturated rings. The van der Waals surface area contributed by atoms with Gasteiger partial charge in [0.2, 0.25) is 5.91 Å². The average molecular weight is 204 g/mol. The van der Waals surface area contributed by atoms with Crippen molar-refractivity contribution >= 4 is 5.91 Å². The van der Waals surface area contributed by atoms with E-state index in [-0.39, 0.29) is 12.5 Å². The van der Waals surface area contributed by atoms with Gasteiger partial charge in [0, 0.05) is 32.8 Å². The van der Waals surface area contributed by atoms with Crippen molar-refractivity contribution in [3.63, 3.8) is 0 Å². The number of rotatable bonds is 8. The van der Waals surface area contributed by atoms with Crippen LogP contribution < -0.4 is 22.1 Å². The lowest BCUT2D eigenvalue weighted by Crippen LogP contribution is -2.43. The van der Waals surface area contributed by atoms with Crippen LogP contribution in [0.5, 0.6) is 0 Å². The van der Waals surface area contributed by atoms with Crippen molar-refractivity contribution in [3.05, 3.63) is 0 Å². The summed E-state index contributed by atoms with van der Waals surface area (Å²) in [6.45, 7) is 2.45. The molecule has 0 aliphatic rings. The SMILES string of the molecule is NCCNCCNC(=O)C(N)CCO. The summed E-state index contributed by atoms with van der Waals surface area (Å²) in [5, 5.41) is 14.2. The van der Waals surface area contributed by atoms with Crippen molar-refractivity contribution in [2.24, 2.45) is 11.5 Å². The third kappa shape index (κ3) is 6.79. The molecule has 0 spiro atoms. The molecule has 1 atom stereocenters. The topological polar surface area (TPSA) is 113 Å². The van der Waals surface area contributed by atoms with Crippen LogP contribution in [-0.4, -0.2) is 49.8 Å². The Labute approximate surface area is 84.0 Å². The van der Waals surface area contributed by atoms with Gasteiger partial charge >= 0.3 is 0 Å². The summed E-state index contributed by atoms with van der Waals surface area (Å²) in [6.07, 6.45) is 0.294. The molecule has 0 aromatic heterocycles. The highest BCUT2D eigenvalue weighted by Crippen LogP contribution is 1.85. The van der Waals surface area contributed by atoms with Gasteiger partial charge in [0.15, 0.2) is 0 Å². The van der Waals surface area contributed by atoms with E-state index in [4.69, 9.17) is 16.6 Å². The summed E-state index contributed by atoms with van der Waals surface area (Å²) < 4.78 is 0. The van der Waals surface area contributed by atoms with E-state index in [9.17, 15) is 4.79 Å². The molecule has 0 bridgehead atoms. The molecule has 1 unspecified atom stereocenters. The minimum Gasteiger partial charge on any atom is -0.396 e. The average Bonchev–Trinajstić information content (AvgIpc) is 2.17. The number of hydrogen-bond acceptors (Lipinski definition) is 5. The van der Waals surface area contributed by atoms with Crippen LogP contribution in [0.3, 0.4) is 0 Å². The molecule has 0 aromatic rings. The standard InChI is InChI=1S/C8H20N4O2/c9-2-3-11-4-5-12-8(14)7(10)1-6-13/h7,11,13H,1-6,9-10H2,(H,12,14). The van der Waals surface area contributed by atoms with E-state index in [0.717, 1.165) is 6.54 Å². The summed E-state index contributed by atoms with van der Waals surface area (Å²) in [6, 6.07) is -0.616. The number of nitrogens with one attached hydrogen (secondary N) is 2. The fourth-order valence-corrected chi connectivity index (χ4v) is 0.902. The van der Waals surface area contributed by atoms with Crippen LogP contribution in [0.25, 0.3) is 0 Å². The van der Waals surface area contributed by atoms with E-state index >= 15 is 0 Å². The molecule has 14 heavy (non-hydrogen) atoms. The van der Waals surface area contributed by atoms with Crippen molar-refractivity contribution in [1.82, 2.24) is 10.6 Å². The van der Waals surface area contributed by atoms with E-state index in [2.05, 4.69) is 10.6 Å². The highest BCUT2D eigenvalue weighted by molar-refractivity contribution is 5.81. The summed E-state index contributed by atoms with van der Waals surface area (Å²) in [5.74, 6) is -0.228. The second-order valence-corrected chi connectivity index (χ2v) is 2.95. The Bertz CT molecular complexity index is 154. The molecule has 0 aromatic carbocycles. The number of nitrogens with two attached hydrogens (primary N) is 2. The maximum Gasteiger partial charge on any atom is 0.237 e. The van der Waals surface area contributed by atoms with Crippen molar-refractivity contribution < 1.29 is 9.90 Å². The Morgan fingerprint density at radius 3 is 2.64 bits per heavy atom. The number of carbonyl (C=O) groups is 1. The van der Waals surface area contributed by atoms with Gasteiger partial charge in [0.1, 0.15) is 0 Å². The molecule has 0 rings (SSSR count). The van der Waals surface area contributed by atoms with Crippen LogP contribution in [-0.2, 0) is 4.79 Å². The molecule has 0 saturated carbocycles. The zero-order valence-electron chi connectivity index (χ0n) is 8.33. The van der Waals surface area contributed by atoms with Crippen LogP contribution >= 0.6 is 0 Å². The maximum absolute atomic E-state index is 11.2. The highest BCUT2D eigenvalue weighted by atomic mass is 16.3. The number of aliphatic hydroxyl groups is 1. The molecule has 1 amide bonds. The van der Waals surface area contributed by atoms with Crippen LogP contribution in [0.2, 0.25) is 0 Å². The fourth-order valence-electron chi connectivity index (χ4n) is 0.902. The Morgan fingerprint density at radius 1 is 1.36 bits per heavy atom. The first-order valence-corrected chi connectivity index (χ1v) is 4.77. The zero-order chi connectivity index (χ0) is 10.8. The van der Waals surface area contributed by atoms with E-state index in [1.54, 1.807) is 0 Å². The maximum atomic E-state index is 11.2. The Morgan fingerprint density at radius 2 is 2.07 bits per heavy atom. The first-order chi connectivity index (χ1) is 6.72. The van der Waals surface area contributed by atoms with Crippen LogP contribution in [0.4, 0.5) is 0 Å². The highest BCUT2D eigenvalue weighted by Gasteiger charge is 2.10. The fraction of sp³-hybridized carbons (Fsp3) is 0.875. The smallest absolute Gasteiger partial charge is 0.237 e. The van der Waals surface area contributed by atoms with Crippen molar-refractivity contribution in [1.29, 1.82) is 0 Å². The third-order valence-corrected chi connectivity index (χ3v) is 1.70. The Kier molecular flexibility index (Phi) is 8.45. The molecule has 0 radical (unpaired) electrons. The number of aliphatic hydroxyl groups excluding tert-OH is 1. The van der Waals surface area contributed by atoms with Gasteiger partial charge in [-0.15, -0.1) is 0 Å². The Balaban J connectivity index is 3.34. The first-order valence-electron chi connectivity index (χ1n) is 4.77. The lowest BCUT2D eigenvalue weighted by Gasteiger charge is -2.10. The van der Waals surface area contributed by atoms with Gasteiger partial charge in [0.05, 0.1) is 6.04 Å². The van der Waals surface area contributed by atoms with E-state index in [1.807, 2.05) is 0 Å². The summed E-state index contributed by atoms with van der Waals surface area (Å²) in [5.41, 5.74) is 10.7. The van der Waals surface area contributed by atoms with Crippen LogP contribution in [0, 0.1) is 0 Å². The lowest BCUT2D eigenvalue weighted by molar-refractivity contribution is -0.122. The predicted octanol–water partition coefficient (Wildman–Crippen LogP) is -2.64. The van der Waals surface area contributed by atoms with Crippen molar-refractivity contribution in [2.45, 2.75) is 12.5 Å². The van der Waals surface area contributed by atoms with Gasteiger partial charge in [-0.1, -0.05) is 0 Å². The zero-order valence-corrected chi connectivity index (χ0v) is 8.33. The molecular weight excluding hydrogens is 184 g/mol. The summed E-state index contributed by atoms with van der Waals surface area (Å²) in [4.78, 5) is 11.2. The first kappa shape index (κ1) is 13.3. The van der Waals surface area contributed by atoms with Gasteiger partial charge in [0.25, 0.3) is 0 Å². The molecule has 0 aliphatic carbocycles. The van der Waals surface area contributed by atoms with Gasteiger partial charge in [-0.05, 0) is 6.42 Å². The second-order valence-electron chi connectivity index (χ2n) is 2.95. The van der Waals surface area contributed by atoms with Gasteiger partial charge < -0.3 is 27.2 Å². The molecule has 0 heterocycles. The molecule has 6 nitrogen and oxygen atoms in total. The van der Waals surface area contributed by atoms with Crippen molar-refractivity contribution in [3.8, 4) is 0 Å². The summed E-state index contributed by atoms with van der Waals surface area (Å²) in [7, 11) is 0. The monoisotopic (exact) mass is 204 g/mol. The van der Waals surface area contributed by atoms with E-state index in [0.29, 0.717) is 26.1 Å². The minimum atomic E-state index is -0.616. The summed E-state index contributed by atoms with van der Waals surface area (Å²) >= 11 is 0. The van der Waals surface area contributed by atoms with Gasteiger partial charge in [-0.25, -0.2) is 0 Å². The number of carbonyl (C=O) groups excluding carboxylic acids is 1. The Hall–Kier alpha value is -0.690. The molecule has 84 valence electrons. The quantitative estimate of drug-likeness (QED) is 0.277. The van der Waals surface area contributed by atoms with E-state index in [1.165, 1.54) is 0 Å². The molecule has 6 heteroatoms. The molecule has 0 aliphatic heterocycles. The predicted molar refractivity (Wildman–Crippen MR) is 54.6 cm³/mol. The second kappa shape index (κ2) is 8.89. The third-order valence-electron chi connectivity index (χ3n) is 1.70. The molecule has 0 saturated heterocycles.